The van der Waals surface area contributed by atoms with Gasteiger partial charge in [0, 0.05) is 24.9 Å². The molecule has 3 aromatic carbocycles. The Kier molecular flexibility index (Phi) is 8.55. The third-order valence-corrected chi connectivity index (χ3v) is 6.05. The zero-order chi connectivity index (χ0) is 27.1. The number of hydrogen-bond donors (Lipinski definition) is 2. The smallest absolute Gasteiger partial charge is 0.411 e. The molecule has 0 spiro atoms. The second-order valence-corrected chi connectivity index (χ2v) is 8.60. The molecule has 198 valence electrons. The van der Waals surface area contributed by atoms with Crippen molar-refractivity contribution >= 4 is 23.6 Å². The fraction of sp³-hybridized carbons (Fsp3) is 0.250. The van der Waals surface area contributed by atoms with Crippen LogP contribution in [0.3, 0.4) is 0 Å². The second-order valence-electron chi connectivity index (χ2n) is 8.60. The summed E-state index contributed by atoms with van der Waals surface area (Å²) >= 11 is 0. The molecular formula is C28H28FN3O6. The van der Waals surface area contributed by atoms with E-state index in [1.54, 1.807) is 49.6 Å². The Morgan fingerprint density at radius 3 is 2.45 bits per heavy atom. The van der Waals surface area contributed by atoms with E-state index in [1.165, 1.54) is 36.3 Å². The third kappa shape index (κ3) is 6.27. The normalized spacial score (nSPS) is 16.6. The molecule has 3 aromatic rings. The number of halogens is 1. The molecule has 9 nitrogen and oxygen atoms in total. The van der Waals surface area contributed by atoms with E-state index in [9.17, 15) is 18.8 Å². The molecule has 0 aliphatic carbocycles. The van der Waals surface area contributed by atoms with Gasteiger partial charge in [-0.15, -0.1) is 0 Å². The maximum Gasteiger partial charge on any atom is 0.411 e. The zero-order valence-electron chi connectivity index (χ0n) is 21.0. The molecule has 4 rings (SSSR count). The predicted octanol–water partition coefficient (Wildman–Crippen LogP) is 3.91. The number of cyclic esters (lactones) is 1. The Hall–Kier alpha value is -4.44. The molecule has 1 saturated heterocycles. The van der Waals surface area contributed by atoms with Crippen LogP contribution < -0.4 is 15.4 Å². The van der Waals surface area contributed by atoms with E-state index in [2.05, 4.69) is 10.6 Å². The predicted molar refractivity (Wildman–Crippen MR) is 137 cm³/mol. The summed E-state index contributed by atoms with van der Waals surface area (Å²) in [7, 11) is 3.08. The van der Waals surface area contributed by atoms with Gasteiger partial charge < -0.3 is 24.8 Å². The first-order valence-corrected chi connectivity index (χ1v) is 11.9. The Morgan fingerprint density at radius 1 is 1.03 bits per heavy atom. The number of hydrogen-bond acceptors (Lipinski definition) is 6. The van der Waals surface area contributed by atoms with Gasteiger partial charge in [-0.1, -0.05) is 24.3 Å². The number of nitrogens with zero attached hydrogens (tertiary/aromatic N) is 1. The maximum atomic E-state index is 13.2. The van der Waals surface area contributed by atoms with Crippen LogP contribution in [-0.4, -0.2) is 56.2 Å². The molecule has 1 fully saturated rings. The molecular weight excluding hydrogens is 493 g/mol. The van der Waals surface area contributed by atoms with Gasteiger partial charge in [-0.25, -0.2) is 9.18 Å². The summed E-state index contributed by atoms with van der Waals surface area (Å²) in [6, 6.07) is 18.1. The first-order valence-electron chi connectivity index (χ1n) is 11.9. The highest BCUT2D eigenvalue weighted by atomic mass is 19.1. The third-order valence-electron chi connectivity index (χ3n) is 6.05. The molecule has 0 aromatic heterocycles. The number of anilines is 1. The van der Waals surface area contributed by atoms with Crippen LogP contribution in [0.25, 0.3) is 0 Å². The van der Waals surface area contributed by atoms with Gasteiger partial charge in [0.15, 0.2) is 12.1 Å². The molecule has 2 N–H and O–H groups in total. The van der Waals surface area contributed by atoms with Crippen LogP contribution in [0.2, 0.25) is 0 Å². The fourth-order valence-electron chi connectivity index (χ4n) is 4.12. The topological polar surface area (TPSA) is 106 Å². The van der Waals surface area contributed by atoms with E-state index in [-0.39, 0.29) is 19.0 Å². The Morgan fingerprint density at radius 2 is 1.76 bits per heavy atom. The molecule has 38 heavy (non-hydrogen) atoms. The highest BCUT2D eigenvalue weighted by Crippen LogP contribution is 2.35. The standard InChI is InChI=1S/C28H28FN3O6/c1-36-15-14-30-27(34)24-25(38-28(35)32(24)17-18-4-3-5-23(16-18)37-2)19-8-12-22(13-9-19)31-26(33)20-6-10-21(29)11-7-20/h3-13,16,24-25H,14-15,17H2,1-2H3,(H,30,34)(H,31,33)/t24-,25-/m0/s1. The summed E-state index contributed by atoms with van der Waals surface area (Å²) in [5, 5.41) is 5.54. The van der Waals surface area contributed by atoms with Crippen molar-refractivity contribution in [2.45, 2.75) is 18.7 Å². The number of benzene rings is 3. The summed E-state index contributed by atoms with van der Waals surface area (Å²) in [6.07, 6.45) is -1.50. The summed E-state index contributed by atoms with van der Waals surface area (Å²) < 4.78 is 29.1. The SMILES string of the molecule is COCCNC(=O)[C@@H]1[C@H](c2ccc(NC(=O)c3ccc(F)cc3)cc2)OC(=O)N1Cc1cccc(OC)c1. The summed E-state index contributed by atoms with van der Waals surface area (Å²) in [5.74, 6) is -0.580. The van der Waals surface area contributed by atoms with Crippen molar-refractivity contribution in [3.8, 4) is 5.75 Å². The van der Waals surface area contributed by atoms with Gasteiger partial charge in [-0.05, 0) is 59.7 Å². The summed E-state index contributed by atoms with van der Waals surface area (Å²) in [6.45, 7) is 0.727. The molecule has 2 atom stereocenters. The first-order chi connectivity index (χ1) is 18.4. The molecule has 0 bridgehead atoms. The van der Waals surface area contributed by atoms with Crippen molar-refractivity contribution in [2.24, 2.45) is 0 Å². The minimum Gasteiger partial charge on any atom is -0.497 e. The quantitative estimate of drug-likeness (QED) is 0.392. The van der Waals surface area contributed by atoms with E-state index in [0.717, 1.165) is 5.56 Å². The summed E-state index contributed by atoms with van der Waals surface area (Å²) in [5.41, 5.74) is 2.15. The molecule has 0 unspecified atom stereocenters. The van der Waals surface area contributed by atoms with Crippen LogP contribution in [0.1, 0.15) is 27.6 Å². The van der Waals surface area contributed by atoms with Gasteiger partial charge in [0.1, 0.15) is 11.6 Å². The van der Waals surface area contributed by atoms with Crippen LogP contribution in [0, 0.1) is 5.82 Å². The van der Waals surface area contributed by atoms with Crippen molar-refractivity contribution in [3.63, 3.8) is 0 Å². The Labute approximate surface area is 219 Å². The van der Waals surface area contributed by atoms with Crippen molar-refractivity contribution in [3.05, 3.63) is 95.3 Å². The lowest BCUT2D eigenvalue weighted by atomic mass is 10.00. The van der Waals surface area contributed by atoms with E-state index in [1.807, 2.05) is 6.07 Å². The van der Waals surface area contributed by atoms with E-state index >= 15 is 0 Å². The number of carbonyl (C=O) groups excluding carboxylic acids is 3. The molecule has 1 aliphatic heterocycles. The van der Waals surface area contributed by atoms with Crippen LogP contribution >= 0.6 is 0 Å². The monoisotopic (exact) mass is 521 g/mol. The Balaban J connectivity index is 1.54. The molecule has 0 radical (unpaired) electrons. The van der Waals surface area contributed by atoms with Crippen LogP contribution in [-0.2, 0) is 20.8 Å². The highest BCUT2D eigenvalue weighted by Gasteiger charge is 2.46. The van der Waals surface area contributed by atoms with Gasteiger partial charge in [-0.2, -0.15) is 0 Å². The zero-order valence-corrected chi connectivity index (χ0v) is 21.0. The average molecular weight is 522 g/mol. The minimum atomic E-state index is -0.940. The number of rotatable bonds is 10. The van der Waals surface area contributed by atoms with Crippen LogP contribution in [0.4, 0.5) is 14.9 Å². The second kappa shape index (κ2) is 12.2. The number of nitrogens with one attached hydrogen (secondary N) is 2. The molecule has 1 aliphatic rings. The number of methoxy groups -OCH3 is 2. The molecule has 0 saturated carbocycles. The highest BCUT2D eigenvalue weighted by molar-refractivity contribution is 6.04. The van der Waals surface area contributed by atoms with Gasteiger partial charge in [0.25, 0.3) is 5.91 Å². The van der Waals surface area contributed by atoms with Gasteiger partial charge in [-0.3, -0.25) is 14.5 Å². The van der Waals surface area contributed by atoms with Crippen molar-refractivity contribution in [2.75, 3.05) is 32.7 Å². The fourth-order valence-corrected chi connectivity index (χ4v) is 4.12. The Bertz CT molecular complexity index is 1280. The van der Waals surface area contributed by atoms with Crippen molar-refractivity contribution in [1.29, 1.82) is 0 Å². The van der Waals surface area contributed by atoms with Gasteiger partial charge >= 0.3 is 6.09 Å². The van der Waals surface area contributed by atoms with E-state index < -0.39 is 30.0 Å². The number of ether oxygens (including phenoxy) is 3. The lowest BCUT2D eigenvalue weighted by Crippen LogP contribution is -2.47. The van der Waals surface area contributed by atoms with Gasteiger partial charge in [0.2, 0.25) is 5.91 Å². The van der Waals surface area contributed by atoms with Gasteiger partial charge in [0.05, 0.1) is 20.3 Å². The first kappa shape index (κ1) is 26.6. The number of amides is 3. The largest absolute Gasteiger partial charge is 0.497 e. The molecule has 3 amide bonds. The van der Waals surface area contributed by atoms with Crippen LogP contribution in [0.5, 0.6) is 5.75 Å². The van der Waals surface area contributed by atoms with E-state index in [4.69, 9.17) is 14.2 Å². The van der Waals surface area contributed by atoms with Crippen LogP contribution in [0.15, 0.2) is 72.8 Å². The minimum absolute atomic E-state index is 0.140. The molecule has 1 heterocycles. The average Bonchev–Trinajstić information content (AvgIpc) is 3.25. The summed E-state index contributed by atoms with van der Waals surface area (Å²) in [4.78, 5) is 40.0. The van der Waals surface area contributed by atoms with Crippen molar-refractivity contribution < 1.29 is 33.0 Å². The molecule has 10 heteroatoms. The lowest BCUT2D eigenvalue weighted by Gasteiger charge is -2.24. The number of carbonyl (C=O) groups is 3. The van der Waals surface area contributed by atoms with E-state index in [0.29, 0.717) is 29.2 Å². The van der Waals surface area contributed by atoms with Crippen molar-refractivity contribution in [1.82, 2.24) is 10.2 Å². The lowest BCUT2D eigenvalue weighted by molar-refractivity contribution is -0.126. The maximum absolute atomic E-state index is 13.2.